The van der Waals surface area contributed by atoms with Gasteiger partial charge in [-0.05, 0) is 6.42 Å². The van der Waals surface area contributed by atoms with Gasteiger partial charge in [0.2, 0.25) is 5.91 Å². The molecule has 0 bridgehead atoms. The van der Waals surface area contributed by atoms with Gasteiger partial charge >= 0.3 is 0 Å². The van der Waals surface area contributed by atoms with Gasteiger partial charge in [0.1, 0.15) is 24.4 Å². The summed E-state index contributed by atoms with van der Waals surface area (Å²) in [5.41, 5.74) is 0. The van der Waals surface area contributed by atoms with Crippen LogP contribution in [-0.4, -0.2) is 77.0 Å². The molecule has 2 heterocycles. The van der Waals surface area contributed by atoms with Crippen LogP contribution in [0.25, 0.3) is 0 Å². The van der Waals surface area contributed by atoms with Crippen LogP contribution >= 0.6 is 0 Å². The molecule has 0 spiro atoms. The van der Waals surface area contributed by atoms with Crippen molar-refractivity contribution in [2.75, 3.05) is 20.2 Å². The van der Waals surface area contributed by atoms with E-state index >= 15 is 0 Å². The maximum absolute atomic E-state index is 11.5. The van der Waals surface area contributed by atoms with Crippen molar-refractivity contribution >= 4 is 5.91 Å². The molecule has 7 nitrogen and oxygen atoms in total. The summed E-state index contributed by atoms with van der Waals surface area (Å²) >= 11 is 0. The SMILES string of the molecule is CO[C@H]1O[C@H](CN2CCCC2=O)[C@@H](O)[C@H](O)[C@@H]1O. The van der Waals surface area contributed by atoms with Crippen LogP contribution in [0, 0.1) is 0 Å². The molecule has 18 heavy (non-hydrogen) atoms. The summed E-state index contributed by atoms with van der Waals surface area (Å²) in [4.78, 5) is 13.1. The third-order valence-electron chi connectivity index (χ3n) is 3.47. The van der Waals surface area contributed by atoms with Crippen LogP contribution in [-0.2, 0) is 14.3 Å². The van der Waals surface area contributed by atoms with Crippen molar-refractivity contribution in [3.8, 4) is 0 Å². The van der Waals surface area contributed by atoms with Gasteiger partial charge in [-0.25, -0.2) is 0 Å². The van der Waals surface area contributed by atoms with Crippen molar-refractivity contribution in [1.82, 2.24) is 4.90 Å². The van der Waals surface area contributed by atoms with Crippen molar-refractivity contribution < 1.29 is 29.6 Å². The molecule has 0 radical (unpaired) electrons. The Morgan fingerprint density at radius 1 is 1.33 bits per heavy atom. The van der Waals surface area contributed by atoms with Gasteiger partial charge in [0.25, 0.3) is 0 Å². The Balaban J connectivity index is 2.00. The number of hydrogen-bond acceptors (Lipinski definition) is 6. The number of hydrogen-bond donors (Lipinski definition) is 3. The van der Waals surface area contributed by atoms with E-state index in [4.69, 9.17) is 9.47 Å². The highest BCUT2D eigenvalue weighted by molar-refractivity contribution is 5.78. The lowest BCUT2D eigenvalue weighted by Crippen LogP contribution is -2.60. The molecule has 2 fully saturated rings. The Bertz CT molecular complexity index is 310. The predicted octanol–water partition coefficient (Wildman–Crippen LogP) is -1.94. The summed E-state index contributed by atoms with van der Waals surface area (Å²) in [5.74, 6) is 0.0142. The van der Waals surface area contributed by atoms with Crippen molar-refractivity contribution in [1.29, 1.82) is 0 Å². The van der Waals surface area contributed by atoms with E-state index in [1.807, 2.05) is 0 Å². The van der Waals surface area contributed by atoms with Gasteiger partial charge in [0.05, 0.1) is 0 Å². The Morgan fingerprint density at radius 3 is 2.61 bits per heavy atom. The van der Waals surface area contributed by atoms with E-state index in [1.165, 1.54) is 7.11 Å². The first-order chi connectivity index (χ1) is 8.54. The van der Waals surface area contributed by atoms with Crippen LogP contribution in [0.2, 0.25) is 0 Å². The van der Waals surface area contributed by atoms with E-state index in [0.29, 0.717) is 13.0 Å². The smallest absolute Gasteiger partial charge is 0.222 e. The summed E-state index contributed by atoms with van der Waals surface area (Å²) in [6, 6.07) is 0. The average Bonchev–Trinajstić information content (AvgIpc) is 2.76. The fraction of sp³-hybridized carbons (Fsp3) is 0.909. The highest BCUT2D eigenvalue weighted by Gasteiger charge is 2.44. The lowest BCUT2D eigenvalue weighted by atomic mass is 9.98. The van der Waals surface area contributed by atoms with Crippen LogP contribution in [0.15, 0.2) is 0 Å². The summed E-state index contributed by atoms with van der Waals surface area (Å²) in [7, 11) is 1.34. The zero-order chi connectivity index (χ0) is 13.3. The molecule has 3 N–H and O–H groups in total. The van der Waals surface area contributed by atoms with Gasteiger partial charge in [-0.15, -0.1) is 0 Å². The van der Waals surface area contributed by atoms with Crippen LogP contribution in [0.1, 0.15) is 12.8 Å². The van der Waals surface area contributed by atoms with Crippen LogP contribution in [0.5, 0.6) is 0 Å². The molecule has 0 saturated carbocycles. The first kappa shape index (κ1) is 13.7. The van der Waals surface area contributed by atoms with Gasteiger partial charge in [0.15, 0.2) is 6.29 Å². The number of aliphatic hydroxyl groups is 3. The van der Waals surface area contributed by atoms with E-state index in [2.05, 4.69) is 0 Å². The average molecular weight is 261 g/mol. The largest absolute Gasteiger partial charge is 0.388 e. The summed E-state index contributed by atoms with van der Waals surface area (Å²) in [6.07, 6.45) is -4.33. The normalized spacial score (nSPS) is 41.4. The number of rotatable bonds is 3. The molecular weight excluding hydrogens is 242 g/mol. The van der Waals surface area contributed by atoms with Gasteiger partial charge in [-0.2, -0.15) is 0 Å². The van der Waals surface area contributed by atoms with Gasteiger partial charge < -0.3 is 29.7 Å². The van der Waals surface area contributed by atoms with E-state index in [-0.39, 0.29) is 12.5 Å². The molecule has 0 unspecified atom stereocenters. The maximum atomic E-state index is 11.5. The van der Waals surface area contributed by atoms with Gasteiger partial charge in [0, 0.05) is 26.6 Å². The Labute approximate surface area is 105 Å². The Morgan fingerprint density at radius 2 is 2.06 bits per heavy atom. The molecule has 1 amide bonds. The first-order valence-electron chi connectivity index (χ1n) is 6.05. The zero-order valence-corrected chi connectivity index (χ0v) is 10.2. The zero-order valence-electron chi connectivity index (χ0n) is 10.2. The fourth-order valence-corrected chi connectivity index (χ4v) is 2.38. The molecule has 104 valence electrons. The van der Waals surface area contributed by atoms with Gasteiger partial charge in [-0.1, -0.05) is 0 Å². The number of nitrogens with zero attached hydrogens (tertiary/aromatic N) is 1. The molecule has 0 aliphatic carbocycles. The van der Waals surface area contributed by atoms with Gasteiger partial charge in [-0.3, -0.25) is 4.79 Å². The van der Waals surface area contributed by atoms with Crippen molar-refractivity contribution in [3.05, 3.63) is 0 Å². The van der Waals surface area contributed by atoms with Crippen molar-refractivity contribution in [2.24, 2.45) is 0 Å². The number of likely N-dealkylation sites (tertiary alicyclic amines) is 1. The quantitative estimate of drug-likeness (QED) is 0.547. The molecule has 2 rings (SSSR count). The number of methoxy groups -OCH3 is 1. The highest BCUT2D eigenvalue weighted by Crippen LogP contribution is 2.23. The second kappa shape index (κ2) is 5.50. The second-order valence-electron chi connectivity index (χ2n) is 4.69. The van der Waals surface area contributed by atoms with Crippen LogP contribution in [0.4, 0.5) is 0 Å². The third-order valence-corrected chi connectivity index (χ3v) is 3.47. The second-order valence-corrected chi connectivity index (χ2v) is 4.69. The Kier molecular flexibility index (Phi) is 4.18. The predicted molar refractivity (Wildman–Crippen MR) is 59.5 cm³/mol. The highest BCUT2D eigenvalue weighted by atomic mass is 16.7. The molecule has 2 aliphatic heterocycles. The lowest BCUT2D eigenvalue weighted by molar-refractivity contribution is -0.291. The number of carbonyl (C=O) groups is 1. The standard InChI is InChI=1S/C11H19NO6/c1-17-11-10(16)9(15)8(14)6(18-11)5-12-4-2-3-7(12)13/h6,8-11,14-16H,2-5H2,1H3/t6-,8-,9+,10+,11+/m1/s1. The van der Waals surface area contributed by atoms with Crippen molar-refractivity contribution in [2.45, 2.75) is 43.5 Å². The van der Waals surface area contributed by atoms with Crippen LogP contribution < -0.4 is 0 Å². The van der Waals surface area contributed by atoms with Crippen molar-refractivity contribution in [3.63, 3.8) is 0 Å². The molecule has 0 aromatic heterocycles. The summed E-state index contributed by atoms with van der Waals surface area (Å²) in [5, 5.41) is 29.1. The molecule has 7 heteroatoms. The Hall–Kier alpha value is -0.730. The molecule has 0 aromatic carbocycles. The molecule has 0 aromatic rings. The minimum atomic E-state index is -1.34. The van der Waals surface area contributed by atoms with E-state index in [0.717, 1.165) is 6.42 Å². The summed E-state index contributed by atoms with van der Waals surface area (Å²) < 4.78 is 10.3. The van der Waals surface area contributed by atoms with E-state index in [9.17, 15) is 20.1 Å². The number of aliphatic hydroxyl groups excluding tert-OH is 3. The topological polar surface area (TPSA) is 99.5 Å². The maximum Gasteiger partial charge on any atom is 0.222 e. The molecule has 2 saturated heterocycles. The first-order valence-corrected chi connectivity index (χ1v) is 6.05. The number of ether oxygens (including phenoxy) is 2. The number of amides is 1. The van der Waals surface area contributed by atoms with E-state index < -0.39 is 30.7 Å². The fourth-order valence-electron chi connectivity index (χ4n) is 2.38. The molecule has 2 aliphatic rings. The van der Waals surface area contributed by atoms with E-state index in [1.54, 1.807) is 4.90 Å². The minimum absolute atomic E-state index is 0.0142. The summed E-state index contributed by atoms with van der Waals surface area (Å²) in [6.45, 7) is 0.825. The monoisotopic (exact) mass is 261 g/mol. The van der Waals surface area contributed by atoms with Crippen LogP contribution in [0.3, 0.4) is 0 Å². The third kappa shape index (κ3) is 2.50. The lowest BCUT2D eigenvalue weighted by Gasteiger charge is -2.40. The number of carbonyl (C=O) groups excluding carboxylic acids is 1. The molecule has 5 atom stereocenters. The molecular formula is C11H19NO6. The minimum Gasteiger partial charge on any atom is -0.388 e.